The van der Waals surface area contributed by atoms with Crippen LogP contribution < -0.4 is 4.74 Å². The summed E-state index contributed by atoms with van der Waals surface area (Å²) in [7, 11) is 1.51. The molecule has 2 aromatic rings. The Morgan fingerprint density at radius 3 is 3.05 bits per heavy atom. The number of ether oxygens (including phenoxy) is 1. The number of likely N-dealkylation sites (tertiary alicyclic amines) is 1. The Morgan fingerprint density at radius 2 is 2.38 bits per heavy atom. The van der Waals surface area contributed by atoms with E-state index < -0.39 is 0 Å². The van der Waals surface area contributed by atoms with Crippen molar-refractivity contribution in [2.75, 3.05) is 20.2 Å². The second-order valence-corrected chi connectivity index (χ2v) is 5.19. The van der Waals surface area contributed by atoms with Crippen LogP contribution in [0.25, 0.3) is 0 Å². The molecule has 2 aromatic heterocycles. The van der Waals surface area contributed by atoms with Gasteiger partial charge in [0.2, 0.25) is 0 Å². The fourth-order valence-electron chi connectivity index (χ4n) is 2.62. The average molecular weight is 290 g/mol. The molecule has 0 spiro atoms. The van der Waals surface area contributed by atoms with Gasteiger partial charge in [-0.05, 0) is 25.8 Å². The van der Waals surface area contributed by atoms with Crippen molar-refractivity contribution in [2.45, 2.75) is 25.7 Å². The molecule has 3 rings (SSSR count). The highest BCUT2D eigenvalue weighted by Crippen LogP contribution is 2.26. The minimum atomic E-state index is -0.116. The van der Waals surface area contributed by atoms with Crippen LogP contribution in [-0.4, -0.2) is 46.2 Å². The third kappa shape index (κ3) is 2.76. The van der Waals surface area contributed by atoms with Gasteiger partial charge in [0.25, 0.3) is 11.9 Å². The van der Waals surface area contributed by atoms with Crippen molar-refractivity contribution in [1.82, 2.24) is 20.1 Å². The molecule has 1 N–H and O–H groups in total. The van der Waals surface area contributed by atoms with Crippen molar-refractivity contribution in [1.29, 1.82) is 0 Å². The molecule has 0 saturated carbocycles. The normalized spacial score (nSPS) is 18.8. The fraction of sp³-hybridized carbons (Fsp3) is 0.500. The largest absolute Gasteiger partial charge is 0.468 e. The van der Waals surface area contributed by atoms with Crippen LogP contribution in [0.2, 0.25) is 0 Å². The molecule has 3 heterocycles. The molecule has 21 heavy (non-hydrogen) atoms. The van der Waals surface area contributed by atoms with Gasteiger partial charge in [0, 0.05) is 25.1 Å². The maximum Gasteiger partial charge on any atom is 0.289 e. The van der Waals surface area contributed by atoms with Gasteiger partial charge in [-0.3, -0.25) is 9.89 Å². The minimum absolute atomic E-state index is 0.116. The van der Waals surface area contributed by atoms with Crippen molar-refractivity contribution >= 4 is 5.91 Å². The van der Waals surface area contributed by atoms with Gasteiger partial charge in [0.15, 0.2) is 11.6 Å². The molecule has 7 nitrogen and oxygen atoms in total. The fourth-order valence-corrected chi connectivity index (χ4v) is 2.62. The number of rotatable bonds is 3. The summed E-state index contributed by atoms with van der Waals surface area (Å²) in [5.74, 6) is 2.28. The Hall–Kier alpha value is -2.31. The summed E-state index contributed by atoms with van der Waals surface area (Å²) in [6, 6.07) is 3.29. The van der Waals surface area contributed by atoms with Crippen LogP contribution >= 0.6 is 0 Å². The first-order chi connectivity index (χ1) is 10.2. The van der Waals surface area contributed by atoms with Crippen molar-refractivity contribution in [2.24, 2.45) is 0 Å². The highest BCUT2D eigenvalue weighted by Gasteiger charge is 2.29. The van der Waals surface area contributed by atoms with E-state index in [4.69, 9.17) is 9.15 Å². The standard InChI is InChI=1S/C14H18N4O3/c1-9-15-13(17-16-9)10-4-3-7-18(8-10)14(19)11-5-6-12(20-2)21-11/h5-6,10H,3-4,7-8H2,1-2H3,(H,15,16,17). The second kappa shape index (κ2) is 5.59. The SMILES string of the molecule is COc1ccc(C(=O)N2CCCC(c3n[nH]c(C)n3)C2)o1. The summed E-state index contributed by atoms with van der Waals surface area (Å²) < 4.78 is 10.3. The Labute approximate surface area is 122 Å². The number of H-pyrrole nitrogens is 1. The zero-order valence-corrected chi connectivity index (χ0v) is 12.1. The number of amides is 1. The number of hydrogen-bond acceptors (Lipinski definition) is 5. The van der Waals surface area contributed by atoms with Crippen LogP contribution in [0.15, 0.2) is 16.5 Å². The third-order valence-electron chi connectivity index (χ3n) is 3.68. The molecule has 1 saturated heterocycles. The van der Waals surface area contributed by atoms with Crippen LogP contribution in [0.1, 0.15) is 41.0 Å². The van der Waals surface area contributed by atoms with Gasteiger partial charge in [0.05, 0.1) is 7.11 Å². The van der Waals surface area contributed by atoms with Crippen LogP contribution in [0.5, 0.6) is 5.95 Å². The molecule has 0 bridgehead atoms. The van der Waals surface area contributed by atoms with E-state index in [9.17, 15) is 4.79 Å². The lowest BCUT2D eigenvalue weighted by molar-refractivity contribution is 0.0666. The molecule has 0 aliphatic carbocycles. The first kappa shape index (κ1) is 13.7. The Morgan fingerprint density at radius 1 is 1.52 bits per heavy atom. The smallest absolute Gasteiger partial charge is 0.289 e. The molecule has 1 aliphatic rings. The number of carbonyl (C=O) groups excluding carboxylic acids is 1. The van der Waals surface area contributed by atoms with Crippen LogP contribution in [0.3, 0.4) is 0 Å². The topological polar surface area (TPSA) is 84.2 Å². The average Bonchev–Trinajstić information content (AvgIpc) is 3.15. The van der Waals surface area contributed by atoms with Crippen molar-refractivity contribution in [3.8, 4) is 5.95 Å². The van der Waals surface area contributed by atoms with Crippen molar-refractivity contribution < 1.29 is 13.9 Å². The number of piperidine rings is 1. The summed E-state index contributed by atoms with van der Waals surface area (Å²) in [5.41, 5.74) is 0. The molecule has 7 heteroatoms. The quantitative estimate of drug-likeness (QED) is 0.930. The molecule has 0 aromatic carbocycles. The zero-order valence-electron chi connectivity index (χ0n) is 12.1. The van der Waals surface area contributed by atoms with E-state index in [1.54, 1.807) is 17.0 Å². The number of nitrogens with zero attached hydrogens (tertiary/aromatic N) is 3. The molecule has 1 amide bonds. The second-order valence-electron chi connectivity index (χ2n) is 5.19. The van der Waals surface area contributed by atoms with Gasteiger partial charge in [-0.15, -0.1) is 0 Å². The van der Waals surface area contributed by atoms with Crippen LogP contribution in [0.4, 0.5) is 0 Å². The van der Waals surface area contributed by atoms with E-state index in [1.165, 1.54) is 7.11 Å². The number of nitrogens with one attached hydrogen (secondary N) is 1. The molecule has 0 radical (unpaired) electrons. The lowest BCUT2D eigenvalue weighted by atomic mass is 9.97. The maximum atomic E-state index is 12.4. The number of hydrogen-bond donors (Lipinski definition) is 1. The molecule has 1 unspecified atom stereocenters. The van der Waals surface area contributed by atoms with Gasteiger partial charge in [-0.2, -0.15) is 5.10 Å². The summed E-state index contributed by atoms with van der Waals surface area (Å²) >= 11 is 0. The highest BCUT2D eigenvalue weighted by molar-refractivity contribution is 5.91. The summed E-state index contributed by atoms with van der Waals surface area (Å²) in [6.07, 6.45) is 1.92. The predicted molar refractivity (Wildman–Crippen MR) is 74.3 cm³/mol. The van der Waals surface area contributed by atoms with E-state index in [0.29, 0.717) is 18.3 Å². The Bertz CT molecular complexity index is 634. The minimum Gasteiger partial charge on any atom is -0.468 e. The maximum absolute atomic E-state index is 12.4. The predicted octanol–water partition coefficient (Wildman–Crippen LogP) is 1.73. The first-order valence-corrected chi connectivity index (χ1v) is 6.99. The number of carbonyl (C=O) groups is 1. The van der Waals surface area contributed by atoms with E-state index in [1.807, 2.05) is 6.92 Å². The van der Waals surface area contributed by atoms with Crippen molar-refractivity contribution in [3.05, 3.63) is 29.5 Å². The summed E-state index contributed by atoms with van der Waals surface area (Å²) in [5, 5.41) is 7.06. The first-order valence-electron chi connectivity index (χ1n) is 6.99. The summed E-state index contributed by atoms with van der Waals surface area (Å²) in [6.45, 7) is 3.21. The molecule has 1 fully saturated rings. The number of methoxy groups -OCH3 is 1. The number of aromatic nitrogens is 3. The van der Waals surface area contributed by atoms with E-state index in [-0.39, 0.29) is 11.8 Å². The van der Waals surface area contributed by atoms with Gasteiger partial charge in [-0.1, -0.05) is 0 Å². The Kier molecular flexibility index (Phi) is 3.64. The van der Waals surface area contributed by atoms with Crippen LogP contribution in [-0.2, 0) is 0 Å². The van der Waals surface area contributed by atoms with Gasteiger partial charge < -0.3 is 14.1 Å². The molecular formula is C14H18N4O3. The molecule has 112 valence electrons. The number of furan rings is 1. The lowest BCUT2D eigenvalue weighted by Crippen LogP contribution is -2.39. The third-order valence-corrected chi connectivity index (χ3v) is 3.68. The monoisotopic (exact) mass is 290 g/mol. The van der Waals surface area contributed by atoms with E-state index >= 15 is 0 Å². The molecule has 1 atom stereocenters. The van der Waals surface area contributed by atoms with Crippen LogP contribution in [0, 0.1) is 6.92 Å². The lowest BCUT2D eigenvalue weighted by Gasteiger charge is -2.30. The van der Waals surface area contributed by atoms with Gasteiger partial charge >= 0.3 is 0 Å². The Balaban J connectivity index is 1.72. The molecule has 1 aliphatic heterocycles. The van der Waals surface area contributed by atoms with E-state index in [0.717, 1.165) is 31.0 Å². The molecular weight excluding hydrogens is 272 g/mol. The zero-order chi connectivity index (χ0) is 14.8. The van der Waals surface area contributed by atoms with Crippen molar-refractivity contribution in [3.63, 3.8) is 0 Å². The van der Waals surface area contributed by atoms with E-state index in [2.05, 4.69) is 15.2 Å². The number of aryl methyl sites for hydroxylation is 1. The number of aromatic amines is 1. The van der Waals surface area contributed by atoms with Gasteiger partial charge in [0.1, 0.15) is 5.82 Å². The van der Waals surface area contributed by atoms with Gasteiger partial charge in [-0.25, -0.2) is 4.98 Å². The highest BCUT2D eigenvalue weighted by atomic mass is 16.6. The summed E-state index contributed by atoms with van der Waals surface area (Å²) in [4.78, 5) is 18.6.